The van der Waals surface area contributed by atoms with Gasteiger partial charge in [-0.05, 0) is 12.1 Å². The first kappa shape index (κ1) is 16.0. The average Bonchev–Trinajstić information content (AvgIpc) is 2.49. The first-order valence-corrected chi connectivity index (χ1v) is 6.53. The first-order chi connectivity index (χ1) is 10.4. The number of carbonyl (C=O) groups excluding carboxylic acids is 1. The Kier molecular flexibility index (Phi) is 4.79. The smallest absolute Gasteiger partial charge is 0.345 e. The van der Waals surface area contributed by atoms with Gasteiger partial charge in [0.1, 0.15) is 16.3 Å². The van der Waals surface area contributed by atoms with Gasteiger partial charge >= 0.3 is 5.97 Å². The Morgan fingerprint density at radius 1 is 1.32 bits per heavy atom. The first-order valence-electron chi connectivity index (χ1n) is 5.78. The Bertz CT molecular complexity index is 751. The molecule has 0 spiro atoms. The summed E-state index contributed by atoms with van der Waals surface area (Å²) < 4.78 is 9.92. The van der Waals surface area contributed by atoms with Crippen molar-refractivity contribution in [1.29, 1.82) is 0 Å². The Labute approximate surface area is 134 Å². The molecule has 0 radical (unpaired) electrons. The normalized spacial score (nSPS) is 10.1. The maximum Gasteiger partial charge on any atom is 0.345 e. The molecule has 0 aliphatic heterocycles. The van der Waals surface area contributed by atoms with Crippen LogP contribution >= 0.6 is 23.2 Å². The Hall–Kier alpha value is -2.38. The minimum Gasteiger partial charge on any atom is -0.465 e. The highest BCUT2D eigenvalue weighted by molar-refractivity contribution is 6.35. The van der Waals surface area contributed by atoms with Gasteiger partial charge in [0.05, 0.1) is 17.1 Å². The highest BCUT2D eigenvalue weighted by Gasteiger charge is 2.22. The molecule has 0 amide bonds. The summed E-state index contributed by atoms with van der Waals surface area (Å²) in [6.45, 7) is 0. The number of esters is 1. The zero-order valence-corrected chi connectivity index (χ0v) is 12.6. The van der Waals surface area contributed by atoms with Crippen molar-refractivity contribution in [1.82, 2.24) is 4.98 Å². The van der Waals surface area contributed by atoms with Gasteiger partial charge in [0.25, 0.3) is 5.69 Å². The molecule has 114 valence electrons. The quantitative estimate of drug-likeness (QED) is 0.475. The van der Waals surface area contributed by atoms with E-state index in [0.29, 0.717) is 5.02 Å². The summed E-state index contributed by atoms with van der Waals surface area (Å²) in [5.41, 5.74) is -0.635. The molecule has 2 rings (SSSR count). The fraction of sp³-hybridized carbons (Fsp3) is 0.0769. The third-order valence-corrected chi connectivity index (χ3v) is 3.04. The lowest BCUT2D eigenvalue weighted by Crippen LogP contribution is -2.06. The molecule has 0 aliphatic carbocycles. The summed E-state index contributed by atoms with van der Waals surface area (Å²) in [6, 6.07) is 5.05. The van der Waals surface area contributed by atoms with Gasteiger partial charge in [-0.25, -0.2) is 9.78 Å². The van der Waals surface area contributed by atoms with Gasteiger partial charge in [0.2, 0.25) is 5.88 Å². The molecule has 1 heterocycles. The standard InChI is InChI=1S/C13H8Cl2N2O5/c1-21-13(18)9-5-8(2-3-11(9)17(19)20)22-12-10(15)4-7(14)6-16-12/h2-6H,1H3. The second-order valence-electron chi connectivity index (χ2n) is 3.97. The average molecular weight is 343 g/mol. The monoisotopic (exact) mass is 342 g/mol. The number of rotatable bonds is 4. The molecule has 0 bridgehead atoms. The van der Waals surface area contributed by atoms with Crippen LogP contribution in [0.1, 0.15) is 10.4 Å². The lowest BCUT2D eigenvalue weighted by atomic mass is 10.1. The van der Waals surface area contributed by atoms with E-state index in [-0.39, 0.29) is 22.2 Å². The molecule has 22 heavy (non-hydrogen) atoms. The minimum absolute atomic E-state index is 0.0516. The van der Waals surface area contributed by atoms with Crippen LogP contribution in [-0.2, 0) is 4.74 Å². The number of hydrogen-bond acceptors (Lipinski definition) is 6. The molecule has 9 heteroatoms. The van der Waals surface area contributed by atoms with Crippen molar-refractivity contribution < 1.29 is 19.2 Å². The van der Waals surface area contributed by atoms with Crippen LogP contribution in [0.15, 0.2) is 30.5 Å². The van der Waals surface area contributed by atoms with Crippen molar-refractivity contribution in [3.63, 3.8) is 0 Å². The van der Waals surface area contributed by atoms with E-state index in [9.17, 15) is 14.9 Å². The molecular weight excluding hydrogens is 335 g/mol. The highest BCUT2D eigenvalue weighted by atomic mass is 35.5. The number of nitrogens with zero attached hydrogens (tertiary/aromatic N) is 2. The van der Waals surface area contributed by atoms with Crippen LogP contribution in [0.2, 0.25) is 10.0 Å². The van der Waals surface area contributed by atoms with Crippen LogP contribution in [0.4, 0.5) is 5.69 Å². The summed E-state index contributed by atoms with van der Waals surface area (Å²) in [4.78, 5) is 25.7. The fourth-order valence-corrected chi connectivity index (χ4v) is 2.02. The number of methoxy groups -OCH3 is 1. The number of pyridine rings is 1. The highest BCUT2D eigenvalue weighted by Crippen LogP contribution is 2.31. The maximum atomic E-state index is 11.6. The Balaban J connectivity index is 2.40. The van der Waals surface area contributed by atoms with Crippen LogP contribution in [-0.4, -0.2) is 23.0 Å². The van der Waals surface area contributed by atoms with E-state index in [1.54, 1.807) is 0 Å². The van der Waals surface area contributed by atoms with Crippen molar-refractivity contribution in [3.8, 4) is 11.6 Å². The number of ether oxygens (including phenoxy) is 2. The zero-order valence-electron chi connectivity index (χ0n) is 11.1. The third-order valence-electron chi connectivity index (χ3n) is 2.56. The molecule has 1 aromatic carbocycles. The number of nitro benzene ring substituents is 1. The van der Waals surface area contributed by atoms with Crippen molar-refractivity contribution >= 4 is 34.9 Å². The molecule has 0 fully saturated rings. The van der Waals surface area contributed by atoms with Gasteiger partial charge in [-0.1, -0.05) is 23.2 Å². The third kappa shape index (κ3) is 3.44. The number of benzene rings is 1. The molecular formula is C13H8Cl2N2O5. The summed E-state index contributed by atoms with van der Waals surface area (Å²) >= 11 is 11.6. The van der Waals surface area contributed by atoms with Gasteiger partial charge in [0, 0.05) is 18.3 Å². The van der Waals surface area contributed by atoms with Crippen LogP contribution in [0.25, 0.3) is 0 Å². The summed E-state index contributed by atoms with van der Waals surface area (Å²) in [7, 11) is 1.12. The van der Waals surface area contributed by atoms with Gasteiger partial charge < -0.3 is 9.47 Å². The molecule has 2 aromatic rings. The van der Waals surface area contributed by atoms with E-state index in [1.807, 2.05) is 0 Å². The van der Waals surface area contributed by atoms with E-state index in [2.05, 4.69) is 9.72 Å². The predicted octanol–water partition coefficient (Wildman–Crippen LogP) is 3.88. The van der Waals surface area contributed by atoms with Crippen molar-refractivity contribution in [2.75, 3.05) is 7.11 Å². The van der Waals surface area contributed by atoms with Crippen molar-refractivity contribution in [3.05, 3.63) is 56.2 Å². The van der Waals surface area contributed by atoms with E-state index < -0.39 is 16.6 Å². The van der Waals surface area contributed by atoms with Gasteiger partial charge in [0.15, 0.2) is 0 Å². The van der Waals surface area contributed by atoms with E-state index >= 15 is 0 Å². The molecule has 0 saturated heterocycles. The number of carbonyl (C=O) groups is 1. The fourth-order valence-electron chi connectivity index (χ4n) is 1.60. The predicted molar refractivity (Wildman–Crippen MR) is 78.8 cm³/mol. The summed E-state index contributed by atoms with van der Waals surface area (Å²) in [5, 5.41) is 11.4. The molecule has 0 saturated carbocycles. The number of halogens is 2. The SMILES string of the molecule is COC(=O)c1cc(Oc2ncc(Cl)cc2Cl)ccc1[N+](=O)[O-]. The number of hydrogen-bond donors (Lipinski definition) is 0. The lowest BCUT2D eigenvalue weighted by Gasteiger charge is -2.08. The minimum atomic E-state index is -0.854. The maximum absolute atomic E-state index is 11.6. The molecule has 0 aliphatic rings. The molecule has 7 nitrogen and oxygen atoms in total. The van der Waals surface area contributed by atoms with Gasteiger partial charge in [-0.3, -0.25) is 10.1 Å². The van der Waals surface area contributed by atoms with E-state index in [0.717, 1.165) is 13.2 Å². The van der Waals surface area contributed by atoms with Gasteiger partial charge in [-0.2, -0.15) is 0 Å². The second kappa shape index (κ2) is 6.59. The summed E-state index contributed by atoms with van der Waals surface area (Å²) in [6.07, 6.45) is 1.33. The number of nitro groups is 1. The molecule has 0 atom stereocenters. The summed E-state index contributed by atoms with van der Waals surface area (Å²) in [5.74, 6) is -0.661. The number of aromatic nitrogens is 1. The molecule has 1 aromatic heterocycles. The topological polar surface area (TPSA) is 91.6 Å². The lowest BCUT2D eigenvalue weighted by molar-refractivity contribution is -0.385. The van der Waals surface area contributed by atoms with Crippen LogP contribution in [0.3, 0.4) is 0 Å². The molecule has 0 unspecified atom stereocenters. The van der Waals surface area contributed by atoms with Crippen molar-refractivity contribution in [2.24, 2.45) is 0 Å². The Morgan fingerprint density at radius 2 is 2.05 bits per heavy atom. The largest absolute Gasteiger partial charge is 0.465 e. The zero-order chi connectivity index (χ0) is 16.3. The van der Waals surface area contributed by atoms with Crippen molar-refractivity contribution in [2.45, 2.75) is 0 Å². The van der Waals surface area contributed by atoms with E-state index in [4.69, 9.17) is 27.9 Å². The Morgan fingerprint density at radius 3 is 2.64 bits per heavy atom. The molecule has 0 N–H and O–H groups in total. The van der Waals surface area contributed by atoms with Crippen LogP contribution in [0, 0.1) is 10.1 Å². The second-order valence-corrected chi connectivity index (χ2v) is 4.81. The van der Waals surface area contributed by atoms with Gasteiger partial charge in [-0.15, -0.1) is 0 Å². The van der Waals surface area contributed by atoms with Crippen LogP contribution < -0.4 is 4.74 Å². The van der Waals surface area contributed by atoms with E-state index in [1.165, 1.54) is 24.4 Å². The van der Waals surface area contributed by atoms with Crippen LogP contribution in [0.5, 0.6) is 11.6 Å².